The molecule has 2 fully saturated rings. The lowest BCUT2D eigenvalue weighted by atomic mass is 9.85. The molecule has 2 rings (SSSR count). The molecule has 1 N–H and O–H groups in total. The van der Waals surface area contributed by atoms with Crippen LogP contribution in [0.2, 0.25) is 0 Å². The highest BCUT2D eigenvalue weighted by Gasteiger charge is 2.43. The van der Waals surface area contributed by atoms with Crippen LogP contribution in [0.4, 0.5) is 13.2 Å². The molecule has 0 bridgehead atoms. The van der Waals surface area contributed by atoms with Gasteiger partial charge in [-0.15, -0.1) is 0 Å². The van der Waals surface area contributed by atoms with Crippen LogP contribution in [0.25, 0.3) is 0 Å². The molecule has 0 aromatic rings. The summed E-state index contributed by atoms with van der Waals surface area (Å²) in [5, 5.41) is 3.63. The monoisotopic (exact) mass is 277 g/mol. The smallest absolute Gasteiger partial charge is 0.311 e. The van der Waals surface area contributed by atoms with Crippen LogP contribution >= 0.6 is 0 Å². The van der Waals surface area contributed by atoms with Crippen molar-refractivity contribution in [3.05, 3.63) is 0 Å². The molecule has 4 heteroatoms. The molecule has 0 aromatic heterocycles. The number of hydrogen-bond donors (Lipinski definition) is 1. The lowest BCUT2D eigenvalue weighted by Gasteiger charge is -2.33. The number of alkyl halides is 3. The van der Waals surface area contributed by atoms with Gasteiger partial charge in [0.1, 0.15) is 0 Å². The third kappa shape index (κ3) is 3.87. The Morgan fingerprint density at radius 2 is 1.58 bits per heavy atom. The number of hydrogen-bond acceptors (Lipinski definition) is 1. The van der Waals surface area contributed by atoms with Crippen LogP contribution in [0.3, 0.4) is 0 Å². The standard InChI is InChI=1S/C15H26F3N/c1-10-8-14(2,3)9-13(10)19-12-6-4-11(5-7-12)15(16,17)18/h10-13,19H,4-9H2,1-3H3. The maximum atomic E-state index is 12.6. The van der Waals surface area contributed by atoms with Crippen molar-refractivity contribution in [3.8, 4) is 0 Å². The van der Waals surface area contributed by atoms with E-state index < -0.39 is 12.1 Å². The zero-order valence-corrected chi connectivity index (χ0v) is 12.2. The molecule has 0 amide bonds. The topological polar surface area (TPSA) is 12.0 Å². The molecular weight excluding hydrogens is 251 g/mol. The van der Waals surface area contributed by atoms with Crippen molar-refractivity contribution in [1.82, 2.24) is 5.32 Å². The van der Waals surface area contributed by atoms with Gasteiger partial charge in [0.2, 0.25) is 0 Å². The Morgan fingerprint density at radius 1 is 1.00 bits per heavy atom. The Hall–Kier alpha value is -0.250. The van der Waals surface area contributed by atoms with Crippen LogP contribution in [0.15, 0.2) is 0 Å². The zero-order chi connectivity index (χ0) is 14.3. The van der Waals surface area contributed by atoms with Gasteiger partial charge in [-0.3, -0.25) is 0 Å². The van der Waals surface area contributed by atoms with E-state index in [4.69, 9.17) is 0 Å². The first-order chi connectivity index (χ1) is 8.67. The van der Waals surface area contributed by atoms with E-state index in [-0.39, 0.29) is 0 Å². The second-order valence-electron chi connectivity index (χ2n) is 7.41. The van der Waals surface area contributed by atoms with Gasteiger partial charge in [0.05, 0.1) is 5.92 Å². The van der Waals surface area contributed by atoms with E-state index in [1.54, 1.807) is 0 Å². The SMILES string of the molecule is CC1CC(C)(C)CC1NC1CCC(C(F)(F)F)CC1. The quantitative estimate of drug-likeness (QED) is 0.782. The molecule has 2 aliphatic rings. The summed E-state index contributed by atoms with van der Waals surface area (Å²) in [6, 6.07) is 0.780. The van der Waals surface area contributed by atoms with Crippen molar-refractivity contribution in [1.29, 1.82) is 0 Å². The molecule has 0 radical (unpaired) electrons. The summed E-state index contributed by atoms with van der Waals surface area (Å²) >= 11 is 0. The Bertz CT molecular complexity index is 303. The fourth-order valence-electron chi connectivity index (χ4n) is 4.01. The first-order valence-electron chi connectivity index (χ1n) is 7.50. The summed E-state index contributed by atoms with van der Waals surface area (Å²) < 4.78 is 37.8. The first-order valence-corrected chi connectivity index (χ1v) is 7.50. The van der Waals surface area contributed by atoms with Gasteiger partial charge < -0.3 is 5.32 Å². The molecule has 0 aromatic carbocycles. The lowest BCUT2D eigenvalue weighted by molar-refractivity contribution is -0.182. The van der Waals surface area contributed by atoms with Crippen molar-refractivity contribution in [3.63, 3.8) is 0 Å². The van der Waals surface area contributed by atoms with Crippen LogP contribution in [0.5, 0.6) is 0 Å². The third-order valence-corrected chi connectivity index (χ3v) is 4.97. The first kappa shape index (κ1) is 15.1. The average Bonchev–Trinajstić information content (AvgIpc) is 2.51. The van der Waals surface area contributed by atoms with Gasteiger partial charge in [-0.05, 0) is 49.9 Å². The van der Waals surface area contributed by atoms with E-state index in [9.17, 15) is 13.2 Å². The molecule has 1 nitrogen and oxygen atoms in total. The number of halogens is 3. The Morgan fingerprint density at radius 3 is 2.00 bits per heavy atom. The van der Waals surface area contributed by atoms with E-state index in [0.29, 0.717) is 49.1 Å². The summed E-state index contributed by atoms with van der Waals surface area (Å²) in [4.78, 5) is 0. The summed E-state index contributed by atoms with van der Waals surface area (Å²) in [5.74, 6) is -0.432. The average molecular weight is 277 g/mol. The van der Waals surface area contributed by atoms with Crippen LogP contribution < -0.4 is 5.32 Å². The maximum absolute atomic E-state index is 12.6. The highest BCUT2D eigenvalue weighted by molar-refractivity contribution is 4.93. The summed E-state index contributed by atoms with van der Waals surface area (Å²) in [6.45, 7) is 6.82. The minimum atomic E-state index is -3.99. The van der Waals surface area contributed by atoms with Gasteiger partial charge in [-0.2, -0.15) is 13.2 Å². The van der Waals surface area contributed by atoms with Crippen molar-refractivity contribution in [2.75, 3.05) is 0 Å². The van der Waals surface area contributed by atoms with Gasteiger partial charge >= 0.3 is 6.18 Å². The van der Waals surface area contributed by atoms with E-state index in [2.05, 4.69) is 26.1 Å². The predicted octanol–water partition coefficient (Wildman–Crippen LogP) is 4.52. The molecule has 2 saturated carbocycles. The van der Waals surface area contributed by atoms with E-state index in [1.807, 2.05) is 0 Å². The van der Waals surface area contributed by atoms with E-state index in [0.717, 1.165) is 6.42 Å². The van der Waals surface area contributed by atoms with Crippen LogP contribution in [0.1, 0.15) is 59.3 Å². The molecule has 0 heterocycles. The highest BCUT2D eigenvalue weighted by atomic mass is 19.4. The summed E-state index contributed by atoms with van der Waals surface area (Å²) in [7, 11) is 0. The number of nitrogens with one attached hydrogen (secondary N) is 1. The zero-order valence-electron chi connectivity index (χ0n) is 12.2. The Balaban J connectivity index is 1.80. The fourth-order valence-corrected chi connectivity index (χ4v) is 4.01. The molecule has 0 aliphatic heterocycles. The number of rotatable bonds is 2. The lowest BCUT2D eigenvalue weighted by Crippen LogP contribution is -2.43. The van der Waals surface area contributed by atoms with Gasteiger partial charge in [0.15, 0.2) is 0 Å². The van der Waals surface area contributed by atoms with Crippen LogP contribution in [-0.2, 0) is 0 Å². The highest BCUT2D eigenvalue weighted by Crippen LogP contribution is 2.42. The van der Waals surface area contributed by atoms with Crippen molar-refractivity contribution in [2.24, 2.45) is 17.3 Å². The largest absolute Gasteiger partial charge is 0.391 e. The van der Waals surface area contributed by atoms with Crippen molar-refractivity contribution < 1.29 is 13.2 Å². The van der Waals surface area contributed by atoms with E-state index >= 15 is 0 Å². The van der Waals surface area contributed by atoms with Gasteiger partial charge in [-0.25, -0.2) is 0 Å². The summed E-state index contributed by atoms with van der Waals surface area (Å²) in [6.07, 6.45) is 0.308. The molecule has 0 saturated heterocycles. The van der Waals surface area contributed by atoms with E-state index in [1.165, 1.54) is 6.42 Å². The Kier molecular flexibility index (Phi) is 4.20. The molecule has 112 valence electrons. The normalized spacial score (nSPS) is 39.5. The van der Waals surface area contributed by atoms with Gasteiger partial charge in [0, 0.05) is 12.1 Å². The maximum Gasteiger partial charge on any atom is 0.391 e. The molecule has 2 aliphatic carbocycles. The molecule has 19 heavy (non-hydrogen) atoms. The predicted molar refractivity (Wildman–Crippen MR) is 70.9 cm³/mol. The minimum absolute atomic E-state index is 0.292. The van der Waals surface area contributed by atoms with Crippen LogP contribution in [-0.4, -0.2) is 18.3 Å². The molecule has 2 atom stereocenters. The molecular formula is C15H26F3N. The van der Waals surface area contributed by atoms with Crippen molar-refractivity contribution >= 4 is 0 Å². The molecule has 2 unspecified atom stereocenters. The third-order valence-electron chi connectivity index (χ3n) is 4.97. The van der Waals surface area contributed by atoms with Gasteiger partial charge in [-0.1, -0.05) is 20.8 Å². The summed E-state index contributed by atoms with van der Waals surface area (Å²) in [5.41, 5.74) is 0.375. The second kappa shape index (κ2) is 5.27. The van der Waals surface area contributed by atoms with Crippen molar-refractivity contribution in [2.45, 2.75) is 77.6 Å². The van der Waals surface area contributed by atoms with Crippen LogP contribution in [0, 0.1) is 17.3 Å². The van der Waals surface area contributed by atoms with Gasteiger partial charge in [0.25, 0.3) is 0 Å². The fraction of sp³-hybridized carbons (Fsp3) is 1.00. The Labute approximate surface area is 114 Å². The second-order valence-corrected chi connectivity index (χ2v) is 7.41. The molecule has 0 spiro atoms. The minimum Gasteiger partial charge on any atom is -0.311 e.